The Balaban J connectivity index is 1.61. The molecule has 2 aromatic carbocycles. The topological polar surface area (TPSA) is 63.6 Å². The maximum absolute atomic E-state index is 14.2. The van der Waals surface area contributed by atoms with E-state index in [1.807, 2.05) is 0 Å². The monoisotopic (exact) mass is 493 g/mol. The number of alkyl halides is 3. The van der Waals surface area contributed by atoms with Crippen molar-refractivity contribution in [3.8, 4) is 0 Å². The quantitative estimate of drug-likeness (QED) is 0.449. The number of pyridine rings is 1. The van der Waals surface area contributed by atoms with Crippen LogP contribution in [0.1, 0.15) is 33.5 Å². The van der Waals surface area contributed by atoms with Crippen LogP contribution in [0.4, 0.5) is 18.9 Å². The third-order valence-electron chi connectivity index (χ3n) is 5.24. The first-order valence-electron chi connectivity index (χ1n) is 9.70. The average molecular weight is 494 g/mol. The number of oxime groups is 1. The molecule has 10 heteroatoms. The minimum atomic E-state index is -4.79. The fourth-order valence-electron chi connectivity index (χ4n) is 3.58. The predicted molar refractivity (Wildman–Crippen MR) is 120 cm³/mol. The number of nitrogens with one attached hydrogen (secondary N) is 1. The van der Waals surface area contributed by atoms with Gasteiger partial charge in [-0.25, -0.2) is 0 Å². The van der Waals surface area contributed by atoms with Crippen LogP contribution in [0.25, 0.3) is 0 Å². The van der Waals surface area contributed by atoms with Crippen LogP contribution in [0, 0.1) is 6.92 Å². The van der Waals surface area contributed by atoms with E-state index in [2.05, 4.69) is 15.5 Å². The number of nitrogens with zero attached hydrogens (tertiary/aromatic N) is 2. The Morgan fingerprint density at radius 3 is 2.45 bits per heavy atom. The highest BCUT2D eigenvalue weighted by molar-refractivity contribution is 6.34. The van der Waals surface area contributed by atoms with Crippen molar-refractivity contribution >= 4 is 40.5 Å². The smallest absolute Gasteiger partial charge is 0.374 e. The van der Waals surface area contributed by atoms with Gasteiger partial charge >= 0.3 is 6.18 Å². The van der Waals surface area contributed by atoms with Crippen molar-refractivity contribution < 1.29 is 22.8 Å². The molecule has 0 radical (unpaired) electrons. The lowest BCUT2D eigenvalue weighted by Gasteiger charge is -2.29. The molecule has 0 saturated heterocycles. The van der Waals surface area contributed by atoms with Gasteiger partial charge in [0, 0.05) is 33.8 Å². The van der Waals surface area contributed by atoms with Crippen LogP contribution in [0.15, 0.2) is 66.1 Å². The number of rotatable bonds is 4. The van der Waals surface area contributed by atoms with Crippen molar-refractivity contribution in [2.75, 3.05) is 5.32 Å². The van der Waals surface area contributed by atoms with E-state index in [-0.39, 0.29) is 27.2 Å². The van der Waals surface area contributed by atoms with Gasteiger partial charge in [0.25, 0.3) is 11.5 Å². The molecule has 1 amide bonds. The second-order valence-corrected chi connectivity index (χ2v) is 8.39. The molecule has 1 atom stereocenters. The van der Waals surface area contributed by atoms with E-state index in [0.717, 1.165) is 12.1 Å². The third-order valence-corrected chi connectivity index (χ3v) is 5.67. The van der Waals surface area contributed by atoms with Crippen molar-refractivity contribution in [1.82, 2.24) is 4.98 Å². The molecule has 0 bridgehead atoms. The van der Waals surface area contributed by atoms with Crippen LogP contribution in [0.3, 0.4) is 0 Å². The molecule has 3 aromatic rings. The predicted octanol–water partition coefficient (Wildman–Crippen LogP) is 6.53. The minimum absolute atomic E-state index is 0.0537. The molecule has 1 aliphatic rings. The Labute approximate surface area is 197 Å². The Morgan fingerprint density at radius 1 is 1.12 bits per heavy atom. The Bertz CT molecular complexity index is 1230. The van der Waals surface area contributed by atoms with Crippen LogP contribution in [-0.4, -0.2) is 22.8 Å². The molecule has 170 valence electrons. The van der Waals surface area contributed by atoms with Gasteiger partial charge in [0.05, 0.1) is 17.6 Å². The van der Waals surface area contributed by atoms with Crippen LogP contribution in [0.2, 0.25) is 10.0 Å². The van der Waals surface area contributed by atoms with Gasteiger partial charge in [-0.3, -0.25) is 9.78 Å². The standard InChI is InChI=1S/C23H16Cl2F3N3O2/c1-13-7-14(4-5-19(13)21(32)30-18-3-2-6-29-12-18)20-11-22(33-31-20,23(26,27)28)15-8-16(24)10-17(25)9-15/h2-10,12H,11H2,1H3,(H,30,32). The Kier molecular flexibility index (Phi) is 6.07. The van der Waals surface area contributed by atoms with Crippen molar-refractivity contribution in [1.29, 1.82) is 0 Å². The number of benzene rings is 2. The van der Waals surface area contributed by atoms with Gasteiger partial charge in [-0.05, 0) is 60.5 Å². The molecular weight excluding hydrogens is 478 g/mol. The average Bonchev–Trinajstić information content (AvgIpc) is 3.21. The summed E-state index contributed by atoms with van der Waals surface area (Å²) in [5.74, 6) is -0.366. The fourth-order valence-corrected chi connectivity index (χ4v) is 4.10. The molecule has 1 aromatic heterocycles. The molecule has 0 aliphatic carbocycles. The summed E-state index contributed by atoms with van der Waals surface area (Å²) in [6.07, 6.45) is -2.28. The Hall–Kier alpha value is -3.10. The lowest BCUT2D eigenvalue weighted by atomic mass is 9.86. The van der Waals surface area contributed by atoms with Crippen LogP contribution < -0.4 is 5.32 Å². The first kappa shape index (κ1) is 23.1. The summed E-state index contributed by atoms with van der Waals surface area (Å²) in [5, 5.41) is 6.58. The summed E-state index contributed by atoms with van der Waals surface area (Å²) in [5.41, 5.74) is -1.01. The van der Waals surface area contributed by atoms with Gasteiger partial charge < -0.3 is 10.2 Å². The van der Waals surface area contributed by atoms with E-state index in [0.29, 0.717) is 22.4 Å². The summed E-state index contributed by atoms with van der Waals surface area (Å²) in [6.45, 7) is 1.69. The lowest BCUT2D eigenvalue weighted by Crippen LogP contribution is -2.42. The number of carbonyl (C=O) groups excluding carboxylic acids is 1. The van der Waals surface area contributed by atoms with Crippen LogP contribution in [-0.2, 0) is 10.4 Å². The zero-order chi connectivity index (χ0) is 23.8. The molecular formula is C23H16Cl2F3N3O2. The van der Waals surface area contributed by atoms with Gasteiger partial charge in [-0.1, -0.05) is 34.4 Å². The highest BCUT2D eigenvalue weighted by Gasteiger charge is 2.62. The first-order valence-corrected chi connectivity index (χ1v) is 10.5. The summed E-state index contributed by atoms with van der Waals surface area (Å²) < 4.78 is 42.5. The van der Waals surface area contributed by atoms with E-state index >= 15 is 0 Å². The van der Waals surface area contributed by atoms with Crippen LogP contribution >= 0.6 is 23.2 Å². The number of amides is 1. The maximum atomic E-state index is 14.2. The lowest BCUT2D eigenvalue weighted by molar-refractivity contribution is -0.275. The molecule has 4 rings (SSSR count). The molecule has 1 aliphatic heterocycles. The van der Waals surface area contributed by atoms with E-state index in [9.17, 15) is 18.0 Å². The summed E-state index contributed by atoms with van der Waals surface area (Å²) in [7, 11) is 0. The number of halogens is 5. The fraction of sp³-hybridized carbons (Fsp3) is 0.174. The number of hydrogen-bond acceptors (Lipinski definition) is 4. The van der Waals surface area contributed by atoms with Crippen molar-refractivity contribution in [2.45, 2.75) is 25.1 Å². The number of carbonyl (C=O) groups is 1. The van der Waals surface area contributed by atoms with Gasteiger partial charge in [0.2, 0.25) is 0 Å². The highest BCUT2D eigenvalue weighted by Crippen LogP contribution is 2.49. The molecule has 0 saturated carbocycles. The largest absolute Gasteiger partial charge is 0.435 e. The zero-order valence-corrected chi connectivity index (χ0v) is 18.6. The molecule has 0 fully saturated rings. The summed E-state index contributed by atoms with van der Waals surface area (Å²) >= 11 is 11.9. The van der Waals surface area contributed by atoms with E-state index in [1.165, 1.54) is 24.4 Å². The van der Waals surface area contributed by atoms with Crippen molar-refractivity contribution in [2.24, 2.45) is 5.16 Å². The molecule has 33 heavy (non-hydrogen) atoms. The molecule has 1 N–H and O–H groups in total. The third kappa shape index (κ3) is 4.54. The van der Waals surface area contributed by atoms with Gasteiger partial charge in [0.1, 0.15) is 0 Å². The SMILES string of the molecule is Cc1cc(C2=NOC(c3cc(Cl)cc(Cl)c3)(C(F)(F)F)C2)ccc1C(=O)Nc1cccnc1. The summed E-state index contributed by atoms with van der Waals surface area (Å²) in [6, 6.07) is 11.7. The second-order valence-electron chi connectivity index (χ2n) is 7.51. The number of aryl methyl sites for hydroxylation is 1. The van der Waals surface area contributed by atoms with Crippen molar-refractivity contribution in [3.63, 3.8) is 0 Å². The number of aromatic nitrogens is 1. The zero-order valence-electron chi connectivity index (χ0n) is 17.1. The van der Waals surface area contributed by atoms with Crippen molar-refractivity contribution in [3.05, 3.63) is 93.2 Å². The normalized spacial score (nSPS) is 17.9. The van der Waals surface area contributed by atoms with Gasteiger partial charge in [-0.15, -0.1) is 0 Å². The number of hydrogen-bond donors (Lipinski definition) is 1. The maximum Gasteiger partial charge on any atom is 0.435 e. The van der Waals surface area contributed by atoms with E-state index in [1.54, 1.807) is 31.3 Å². The highest BCUT2D eigenvalue weighted by atomic mass is 35.5. The molecule has 0 spiro atoms. The van der Waals surface area contributed by atoms with Gasteiger partial charge in [-0.2, -0.15) is 13.2 Å². The first-order chi connectivity index (χ1) is 15.6. The number of anilines is 1. The van der Waals surface area contributed by atoms with Gasteiger partial charge in [0.15, 0.2) is 0 Å². The Morgan fingerprint density at radius 2 is 1.85 bits per heavy atom. The van der Waals surface area contributed by atoms with E-state index < -0.39 is 18.2 Å². The van der Waals surface area contributed by atoms with Crippen LogP contribution in [0.5, 0.6) is 0 Å². The molecule has 1 unspecified atom stereocenters. The minimum Gasteiger partial charge on any atom is -0.374 e. The summed E-state index contributed by atoms with van der Waals surface area (Å²) in [4.78, 5) is 21.5. The van der Waals surface area contributed by atoms with E-state index in [4.69, 9.17) is 28.0 Å². The molecule has 5 nitrogen and oxygen atoms in total. The second kappa shape index (κ2) is 8.68. The molecule has 2 heterocycles.